The third kappa shape index (κ3) is 5.54. The summed E-state index contributed by atoms with van der Waals surface area (Å²) in [5.74, 6) is 0.685. The van der Waals surface area contributed by atoms with E-state index in [1.807, 2.05) is 13.8 Å². The van der Waals surface area contributed by atoms with E-state index in [0.29, 0.717) is 18.8 Å². The predicted molar refractivity (Wildman–Crippen MR) is 65.8 cm³/mol. The van der Waals surface area contributed by atoms with Crippen LogP contribution < -0.4 is 0 Å². The first-order valence-corrected chi connectivity index (χ1v) is 7.26. The summed E-state index contributed by atoms with van der Waals surface area (Å²) in [5.41, 5.74) is 0. The SMILES string of the molecule is C=CCN(C(C)C)S(=O)(=O)CCCCCl. The van der Waals surface area contributed by atoms with Crippen molar-refractivity contribution in [3.05, 3.63) is 12.7 Å². The highest BCUT2D eigenvalue weighted by Crippen LogP contribution is 2.09. The van der Waals surface area contributed by atoms with Crippen LogP contribution in [0.1, 0.15) is 26.7 Å². The summed E-state index contributed by atoms with van der Waals surface area (Å²) in [6.45, 7) is 7.67. The van der Waals surface area contributed by atoms with Crippen LogP contribution in [0.4, 0.5) is 0 Å². The van der Waals surface area contributed by atoms with Gasteiger partial charge in [-0.05, 0) is 26.7 Å². The molecule has 0 atom stereocenters. The molecule has 0 saturated heterocycles. The van der Waals surface area contributed by atoms with Crippen molar-refractivity contribution >= 4 is 21.6 Å². The molecule has 0 heterocycles. The van der Waals surface area contributed by atoms with Gasteiger partial charge in [-0.25, -0.2) is 8.42 Å². The van der Waals surface area contributed by atoms with Crippen LogP contribution >= 0.6 is 11.6 Å². The lowest BCUT2D eigenvalue weighted by atomic mass is 10.4. The van der Waals surface area contributed by atoms with E-state index in [-0.39, 0.29) is 11.8 Å². The average molecular weight is 254 g/mol. The van der Waals surface area contributed by atoms with Crippen molar-refractivity contribution in [1.29, 1.82) is 0 Å². The highest BCUT2D eigenvalue weighted by molar-refractivity contribution is 7.89. The second kappa shape index (κ2) is 7.25. The molecule has 0 aromatic heterocycles. The Morgan fingerprint density at radius 1 is 1.40 bits per heavy atom. The molecule has 0 N–H and O–H groups in total. The predicted octanol–water partition coefficient (Wildman–Crippen LogP) is 2.23. The van der Waals surface area contributed by atoms with E-state index in [0.717, 1.165) is 6.42 Å². The van der Waals surface area contributed by atoms with Gasteiger partial charge in [-0.1, -0.05) is 6.08 Å². The van der Waals surface area contributed by atoms with Gasteiger partial charge in [0.1, 0.15) is 0 Å². The smallest absolute Gasteiger partial charge is 0.212 e. The van der Waals surface area contributed by atoms with Crippen molar-refractivity contribution in [2.75, 3.05) is 18.2 Å². The quantitative estimate of drug-likeness (QED) is 0.378. The van der Waals surface area contributed by atoms with E-state index in [4.69, 9.17) is 11.6 Å². The molecule has 15 heavy (non-hydrogen) atoms. The summed E-state index contributed by atoms with van der Waals surface area (Å²) in [7, 11) is -3.15. The zero-order valence-electron chi connectivity index (χ0n) is 9.45. The molecule has 0 aromatic carbocycles. The fraction of sp³-hybridized carbons (Fsp3) is 0.800. The second-order valence-corrected chi connectivity index (χ2v) is 6.08. The fourth-order valence-electron chi connectivity index (χ4n) is 1.27. The Morgan fingerprint density at radius 2 is 2.00 bits per heavy atom. The molecule has 0 aliphatic carbocycles. The third-order valence-corrected chi connectivity index (χ3v) is 4.39. The van der Waals surface area contributed by atoms with Crippen molar-refractivity contribution in [2.24, 2.45) is 0 Å². The van der Waals surface area contributed by atoms with E-state index in [1.54, 1.807) is 6.08 Å². The van der Waals surface area contributed by atoms with Gasteiger partial charge in [-0.15, -0.1) is 18.2 Å². The largest absolute Gasteiger partial charge is 0.214 e. The van der Waals surface area contributed by atoms with Gasteiger partial charge in [0.15, 0.2) is 0 Å². The molecule has 0 fully saturated rings. The number of hydrogen-bond donors (Lipinski definition) is 0. The van der Waals surface area contributed by atoms with Crippen LogP contribution in [-0.4, -0.2) is 36.9 Å². The van der Waals surface area contributed by atoms with Gasteiger partial charge in [-0.2, -0.15) is 4.31 Å². The molecule has 0 radical (unpaired) electrons. The van der Waals surface area contributed by atoms with Gasteiger partial charge >= 0.3 is 0 Å². The molecular weight excluding hydrogens is 234 g/mol. The minimum Gasteiger partial charge on any atom is -0.212 e. The first kappa shape index (κ1) is 14.9. The van der Waals surface area contributed by atoms with Gasteiger partial charge < -0.3 is 0 Å². The van der Waals surface area contributed by atoms with Crippen molar-refractivity contribution < 1.29 is 8.42 Å². The van der Waals surface area contributed by atoms with E-state index in [1.165, 1.54) is 4.31 Å². The molecule has 0 aliphatic rings. The number of alkyl halides is 1. The van der Waals surface area contributed by atoms with Crippen LogP contribution in [0.15, 0.2) is 12.7 Å². The van der Waals surface area contributed by atoms with Crippen LogP contribution in [-0.2, 0) is 10.0 Å². The zero-order valence-corrected chi connectivity index (χ0v) is 11.0. The molecular formula is C10H20ClNO2S. The Kier molecular flexibility index (Phi) is 7.22. The van der Waals surface area contributed by atoms with Crippen LogP contribution in [0.2, 0.25) is 0 Å². The van der Waals surface area contributed by atoms with Gasteiger partial charge in [0, 0.05) is 18.5 Å². The molecule has 0 saturated carbocycles. The lowest BCUT2D eigenvalue weighted by Gasteiger charge is -2.24. The molecule has 0 amide bonds. The maximum atomic E-state index is 11.9. The minimum atomic E-state index is -3.15. The first-order valence-electron chi connectivity index (χ1n) is 5.12. The molecule has 0 unspecified atom stereocenters. The third-order valence-electron chi connectivity index (χ3n) is 2.03. The van der Waals surface area contributed by atoms with E-state index < -0.39 is 10.0 Å². The lowest BCUT2D eigenvalue weighted by molar-refractivity contribution is 0.382. The standard InChI is InChI=1S/C10H20ClNO2S/c1-4-8-12(10(2)3)15(13,14)9-6-5-7-11/h4,10H,1,5-9H2,2-3H3. The molecule has 0 bridgehead atoms. The first-order chi connectivity index (χ1) is 6.95. The van der Waals surface area contributed by atoms with Crippen LogP contribution in [0.25, 0.3) is 0 Å². The fourth-order valence-corrected chi connectivity index (χ4v) is 3.24. The summed E-state index contributed by atoms with van der Waals surface area (Å²) in [6.07, 6.45) is 2.96. The number of rotatable bonds is 8. The normalized spacial score (nSPS) is 12.3. The number of nitrogens with zero attached hydrogens (tertiary/aromatic N) is 1. The number of halogens is 1. The van der Waals surface area contributed by atoms with Gasteiger partial charge in [0.05, 0.1) is 5.75 Å². The molecule has 0 aromatic rings. The lowest BCUT2D eigenvalue weighted by Crippen LogP contribution is -2.38. The Hall–Kier alpha value is -0.0600. The highest BCUT2D eigenvalue weighted by atomic mass is 35.5. The number of sulfonamides is 1. The van der Waals surface area contributed by atoms with Crippen LogP contribution in [0.3, 0.4) is 0 Å². The van der Waals surface area contributed by atoms with E-state index >= 15 is 0 Å². The van der Waals surface area contributed by atoms with Crippen LogP contribution in [0, 0.1) is 0 Å². The average Bonchev–Trinajstić information content (AvgIpc) is 2.13. The minimum absolute atomic E-state index is 0.0241. The summed E-state index contributed by atoms with van der Waals surface area (Å²) in [6, 6.07) is -0.0241. The van der Waals surface area contributed by atoms with E-state index in [9.17, 15) is 8.42 Å². The molecule has 0 rings (SSSR count). The Balaban J connectivity index is 4.43. The zero-order chi connectivity index (χ0) is 11.9. The topological polar surface area (TPSA) is 37.4 Å². The molecule has 0 spiro atoms. The van der Waals surface area contributed by atoms with E-state index in [2.05, 4.69) is 6.58 Å². The van der Waals surface area contributed by atoms with Crippen molar-refractivity contribution in [3.63, 3.8) is 0 Å². The van der Waals surface area contributed by atoms with Gasteiger partial charge in [0.25, 0.3) is 0 Å². The highest BCUT2D eigenvalue weighted by Gasteiger charge is 2.22. The van der Waals surface area contributed by atoms with Crippen LogP contribution in [0.5, 0.6) is 0 Å². The Morgan fingerprint density at radius 3 is 2.40 bits per heavy atom. The summed E-state index contributed by atoms with van der Waals surface area (Å²) < 4.78 is 25.2. The maximum Gasteiger partial charge on any atom is 0.214 e. The Bertz CT molecular complexity index is 275. The molecule has 5 heteroatoms. The van der Waals surface area contributed by atoms with Gasteiger partial charge in [0.2, 0.25) is 10.0 Å². The van der Waals surface area contributed by atoms with Gasteiger partial charge in [-0.3, -0.25) is 0 Å². The number of unbranched alkanes of at least 4 members (excludes halogenated alkanes) is 1. The summed E-state index contributed by atoms with van der Waals surface area (Å²) in [5, 5.41) is 0. The molecule has 0 aliphatic heterocycles. The monoisotopic (exact) mass is 253 g/mol. The summed E-state index contributed by atoms with van der Waals surface area (Å²) in [4.78, 5) is 0. The maximum absolute atomic E-state index is 11.9. The summed E-state index contributed by atoms with van der Waals surface area (Å²) >= 11 is 5.51. The molecule has 3 nitrogen and oxygen atoms in total. The van der Waals surface area contributed by atoms with Crippen molar-refractivity contribution in [1.82, 2.24) is 4.31 Å². The second-order valence-electron chi connectivity index (χ2n) is 3.66. The Labute approximate surface area is 98.2 Å². The number of hydrogen-bond acceptors (Lipinski definition) is 2. The van der Waals surface area contributed by atoms with Crippen molar-refractivity contribution in [3.8, 4) is 0 Å². The van der Waals surface area contributed by atoms with Crippen molar-refractivity contribution in [2.45, 2.75) is 32.7 Å². The molecule has 90 valence electrons.